The van der Waals surface area contributed by atoms with Crippen molar-refractivity contribution in [2.75, 3.05) is 13.1 Å². The molecule has 7 nitrogen and oxygen atoms in total. The fourth-order valence-corrected chi connectivity index (χ4v) is 3.80. The van der Waals surface area contributed by atoms with E-state index in [0.717, 1.165) is 16.6 Å². The summed E-state index contributed by atoms with van der Waals surface area (Å²) in [6.07, 6.45) is 2.87. The van der Waals surface area contributed by atoms with Gasteiger partial charge >= 0.3 is 0 Å². The molecule has 1 atom stereocenters. The van der Waals surface area contributed by atoms with Gasteiger partial charge in [-0.2, -0.15) is 4.31 Å². The van der Waals surface area contributed by atoms with Gasteiger partial charge in [-0.1, -0.05) is 6.92 Å². The lowest BCUT2D eigenvalue weighted by Crippen LogP contribution is -2.57. The van der Waals surface area contributed by atoms with Gasteiger partial charge < -0.3 is 10.3 Å². The van der Waals surface area contributed by atoms with Crippen LogP contribution in [0, 0.1) is 0 Å². The number of carbonyl (C=O) groups excluding carboxylic acids is 1. The molecule has 1 aromatic heterocycles. The summed E-state index contributed by atoms with van der Waals surface area (Å²) < 4.78 is 26.0. The molecule has 0 saturated carbocycles. The van der Waals surface area contributed by atoms with E-state index in [0.29, 0.717) is 6.42 Å². The normalized spacial score (nSPS) is 21.1. The van der Waals surface area contributed by atoms with Crippen molar-refractivity contribution >= 4 is 15.9 Å². The number of H-pyrrole nitrogens is 1. The van der Waals surface area contributed by atoms with Gasteiger partial charge in [0.05, 0.1) is 0 Å². The fourth-order valence-electron chi connectivity index (χ4n) is 2.10. The number of pyridine rings is 1. The van der Waals surface area contributed by atoms with Crippen LogP contribution in [0.2, 0.25) is 0 Å². The maximum Gasteiger partial charge on any atom is 0.249 e. The van der Waals surface area contributed by atoms with Crippen molar-refractivity contribution in [1.29, 1.82) is 0 Å². The summed E-state index contributed by atoms with van der Waals surface area (Å²) in [6.45, 7) is 2.15. The van der Waals surface area contributed by atoms with E-state index in [4.69, 9.17) is 0 Å². The molecule has 1 aromatic rings. The van der Waals surface area contributed by atoms with Crippen molar-refractivity contribution < 1.29 is 13.2 Å². The van der Waals surface area contributed by atoms with Crippen LogP contribution in [0.25, 0.3) is 0 Å². The van der Waals surface area contributed by atoms with Crippen molar-refractivity contribution in [3.8, 4) is 0 Å². The van der Waals surface area contributed by atoms with Gasteiger partial charge in [0.1, 0.15) is 10.9 Å². The zero-order chi connectivity index (χ0) is 14.0. The Balaban J connectivity index is 2.47. The van der Waals surface area contributed by atoms with Crippen LogP contribution in [-0.4, -0.2) is 42.7 Å². The third kappa shape index (κ3) is 2.41. The van der Waals surface area contributed by atoms with Gasteiger partial charge in [-0.15, -0.1) is 0 Å². The summed E-state index contributed by atoms with van der Waals surface area (Å²) in [5, 5.41) is 2.62. The zero-order valence-electron chi connectivity index (χ0n) is 10.4. The Morgan fingerprint density at radius 2 is 2.16 bits per heavy atom. The number of hydrogen-bond donors (Lipinski definition) is 2. The minimum Gasteiger partial charge on any atom is -0.366 e. The highest BCUT2D eigenvalue weighted by molar-refractivity contribution is 7.89. The van der Waals surface area contributed by atoms with Gasteiger partial charge in [-0.05, 0) is 6.42 Å². The molecular weight excluding hydrogens is 270 g/mol. The van der Waals surface area contributed by atoms with Crippen molar-refractivity contribution in [3.05, 3.63) is 28.7 Å². The third-order valence-corrected chi connectivity index (χ3v) is 4.97. The van der Waals surface area contributed by atoms with Crippen LogP contribution in [0.5, 0.6) is 0 Å². The van der Waals surface area contributed by atoms with E-state index in [1.54, 1.807) is 6.92 Å². The number of sulfonamides is 1. The predicted molar refractivity (Wildman–Crippen MR) is 68.0 cm³/mol. The first-order valence-electron chi connectivity index (χ1n) is 5.95. The lowest BCUT2D eigenvalue weighted by atomic mass is 10.2. The first-order chi connectivity index (χ1) is 8.98. The smallest absolute Gasteiger partial charge is 0.249 e. The minimum absolute atomic E-state index is 0.168. The maximum absolute atomic E-state index is 12.4. The second kappa shape index (κ2) is 5.14. The highest BCUT2D eigenvalue weighted by Crippen LogP contribution is 2.18. The number of aromatic amines is 1. The Hall–Kier alpha value is -1.67. The second-order valence-electron chi connectivity index (χ2n) is 4.20. The SMILES string of the molecule is CCC1C(=O)NCCN1S(=O)(=O)c1c[nH]ccc1=O. The fraction of sp³-hybridized carbons (Fsp3) is 0.455. The number of amides is 1. The molecule has 1 fully saturated rings. The molecule has 0 spiro atoms. The summed E-state index contributed by atoms with van der Waals surface area (Å²) in [4.78, 5) is 25.6. The number of carbonyl (C=O) groups is 1. The number of rotatable bonds is 3. The third-order valence-electron chi connectivity index (χ3n) is 3.04. The highest BCUT2D eigenvalue weighted by atomic mass is 32.2. The zero-order valence-corrected chi connectivity index (χ0v) is 11.2. The Labute approximate surface area is 110 Å². The number of piperazine rings is 1. The highest BCUT2D eigenvalue weighted by Gasteiger charge is 2.38. The van der Waals surface area contributed by atoms with Gasteiger partial charge in [0, 0.05) is 31.5 Å². The molecule has 104 valence electrons. The molecule has 2 rings (SSSR count). The number of hydrogen-bond acceptors (Lipinski definition) is 4. The van der Waals surface area contributed by atoms with Crippen LogP contribution in [0.4, 0.5) is 0 Å². The summed E-state index contributed by atoms with van der Waals surface area (Å²) in [5.41, 5.74) is -0.584. The molecule has 19 heavy (non-hydrogen) atoms. The monoisotopic (exact) mass is 285 g/mol. The van der Waals surface area contributed by atoms with Crippen LogP contribution in [0.1, 0.15) is 13.3 Å². The molecule has 0 aliphatic carbocycles. The quantitative estimate of drug-likeness (QED) is 0.765. The van der Waals surface area contributed by atoms with E-state index in [1.165, 1.54) is 6.20 Å². The molecule has 1 unspecified atom stereocenters. The largest absolute Gasteiger partial charge is 0.366 e. The Morgan fingerprint density at radius 1 is 1.42 bits per heavy atom. The standard InChI is InChI=1S/C11H15N3O4S/c1-2-8-11(16)13-5-6-14(8)19(17,18)10-7-12-4-3-9(10)15/h3-4,7-8H,2,5-6H2,1H3,(H,12,15)(H,13,16). The average Bonchev–Trinajstić information content (AvgIpc) is 2.38. The molecule has 8 heteroatoms. The molecule has 0 bridgehead atoms. The summed E-state index contributed by atoms with van der Waals surface area (Å²) >= 11 is 0. The van der Waals surface area contributed by atoms with Crippen LogP contribution in [-0.2, 0) is 14.8 Å². The van der Waals surface area contributed by atoms with Gasteiger partial charge in [0.25, 0.3) is 0 Å². The lowest BCUT2D eigenvalue weighted by Gasteiger charge is -2.33. The van der Waals surface area contributed by atoms with Gasteiger partial charge in [0.15, 0.2) is 0 Å². The van der Waals surface area contributed by atoms with E-state index in [2.05, 4.69) is 10.3 Å². The van der Waals surface area contributed by atoms with Crippen molar-refractivity contribution in [2.24, 2.45) is 0 Å². The summed E-state index contributed by atoms with van der Waals surface area (Å²) in [5.74, 6) is -0.329. The van der Waals surface area contributed by atoms with Crippen molar-refractivity contribution in [2.45, 2.75) is 24.3 Å². The lowest BCUT2D eigenvalue weighted by molar-refractivity contribution is -0.126. The van der Waals surface area contributed by atoms with E-state index in [9.17, 15) is 18.0 Å². The van der Waals surface area contributed by atoms with Crippen molar-refractivity contribution in [3.63, 3.8) is 0 Å². The molecule has 0 aromatic carbocycles. The Bertz CT molecular complexity index is 637. The van der Waals surface area contributed by atoms with Gasteiger partial charge in [-0.3, -0.25) is 9.59 Å². The first-order valence-corrected chi connectivity index (χ1v) is 7.39. The molecule has 1 aliphatic rings. The average molecular weight is 285 g/mol. The summed E-state index contributed by atoms with van der Waals surface area (Å²) in [7, 11) is -3.96. The second-order valence-corrected chi connectivity index (χ2v) is 6.06. The van der Waals surface area contributed by atoms with E-state index in [1.807, 2.05) is 0 Å². The van der Waals surface area contributed by atoms with E-state index < -0.39 is 21.5 Å². The first kappa shape index (κ1) is 13.8. The maximum atomic E-state index is 12.4. The van der Waals surface area contributed by atoms with E-state index in [-0.39, 0.29) is 23.9 Å². The number of nitrogens with one attached hydrogen (secondary N) is 2. The van der Waals surface area contributed by atoms with Crippen LogP contribution in [0.3, 0.4) is 0 Å². The van der Waals surface area contributed by atoms with E-state index >= 15 is 0 Å². The molecule has 1 amide bonds. The number of nitrogens with zero attached hydrogens (tertiary/aromatic N) is 1. The molecule has 2 heterocycles. The van der Waals surface area contributed by atoms with Gasteiger partial charge in [0.2, 0.25) is 21.4 Å². The summed E-state index contributed by atoms with van der Waals surface area (Å²) in [6, 6.07) is 0.385. The Morgan fingerprint density at radius 3 is 2.79 bits per heavy atom. The van der Waals surface area contributed by atoms with Crippen molar-refractivity contribution in [1.82, 2.24) is 14.6 Å². The topological polar surface area (TPSA) is 99.3 Å². The molecule has 1 aliphatic heterocycles. The number of aromatic nitrogens is 1. The Kier molecular flexibility index (Phi) is 3.72. The molecule has 0 radical (unpaired) electrons. The minimum atomic E-state index is -3.96. The van der Waals surface area contributed by atoms with Crippen LogP contribution in [0.15, 0.2) is 28.2 Å². The van der Waals surface area contributed by atoms with Crippen LogP contribution >= 0.6 is 0 Å². The van der Waals surface area contributed by atoms with Gasteiger partial charge in [-0.25, -0.2) is 8.42 Å². The molecular formula is C11H15N3O4S. The predicted octanol–water partition coefficient (Wildman–Crippen LogP) is -0.726. The molecule has 2 N–H and O–H groups in total. The van der Waals surface area contributed by atoms with Crippen LogP contribution < -0.4 is 10.7 Å². The molecule has 1 saturated heterocycles.